The minimum Gasteiger partial charge on any atom is -0.342 e. The van der Waals surface area contributed by atoms with Crippen LogP contribution in [0, 0.1) is 18.7 Å². The van der Waals surface area contributed by atoms with E-state index in [1.165, 1.54) is 6.07 Å². The molecule has 1 amide bonds. The van der Waals surface area contributed by atoms with E-state index in [1.54, 1.807) is 19.1 Å². The van der Waals surface area contributed by atoms with Gasteiger partial charge in [0, 0.05) is 31.8 Å². The summed E-state index contributed by atoms with van der Waals surface area (Å²) in [5.74, 6) is 1.22. The van der Waals surface area contributed by atoms with Crippen molar-refractivity contribution in [2.24, 2.45) is 5.92 Å². The number of piperidine rings is 1. The molecule has 1 aliphatic heterocycles. The number of carbonyl (C=O) groups excluding carboxylic acids is 1. The standard InChI is InChI=1S/C18H20FN3O2/c1-11-20-17(21-24-11)12-5-4-8-22(10-12)18(23)15-9-14(15)13-6-2-3-7-16(13)19/h2-3,6-7,12,14-15H,4-5,8-10H2,1H3. The van der Waals surface area contributed by atoms with Gasteiger partial charge < -0.3 is 9.42 Å². The highest BCUT2D eigenvalue weighted by Crippen LogP contribution is 2.49. The molecule has 4 rings (SSSR count). The van der Waals surface area contributed by atoms with Crippen molar-refractivity contribution < 1.29 is 13.7 Å². The van der Waals surface area contributed by atoms with Crippen LogP contribution in [0.2, 0.25) is 0 Å². The fraction of sp³-hybridized carbons (Fsp3) is 0.500. The van der Waals surface area contributed by atoms with Crippen LogP contribution in [0.3, 0.4) is 0 Å². The zero-order valence-electron chi connectivity index (χ0n) is 13.6. The Morgan fingerprint density at radius 3 is 2.96 bits per heavy atom. The van der Waals surface area contributed by atoms with Crippen molar-refractivity contribution in [1.29, 1.82) is 0 Å². The molecule has 2 heterocycles. The van der Waals surface area contributed by atoms with E-state index in [0.717, 1.165) is 25.8 Å². The number of rotatable bonds is 3. The van der Waals surface area contributed by atoms with Gasteiger partial charge in [0.25, 0.3) is 0 Å². The molecule has 3 unspecified atom stereocenters. The Bertz CT molecular complexity index is 760. The van der Waals surface area contributed by atoms with Gasteiger partial charge in [-0.25, -0.2) is 4.39 Å². The topological polar surface area (TPSA) is 59.2 Å². The minimum absolute atomic E-state index is 0.0199. The molecule has 0 bridgehead atoms. The Balaban J connectivity index is 1.43. The zero-order chi connectivity index (χ0) is 16.7. The maximum atomic E-state index is 13.9. The number of aromatic nitrogens is 2. The summed E-state index contributed by atoms with van der Waals surface area (Å²) in [5.41, 5.74) is 0.665. The molecule has 126 valence electrons. The quantitative estimate of drug-likeness (QED) is 0.868. The van der Waals surface area contributed by atoms with Crippen molar-refractivity contribution in [3.05, 3.63) is 47.4 Å². The molecule has 1 saturated heterocycles. The fourth-order valence-electron chi connectivity index (χ4n) is 3.69. The van der Waals surface area contributed by atoms with Crippen LogP contribution >= 0.6 is 0 Å². The zero-order valence-corrected chi connectivity index (χ0v) is 13.6. The van der Waals surface area contributed by atoms with Crippen molar-refractivity contribution in [3.8, 4) is 0 Å². The molecule has 1 aromatic heterocycles. The average Bonchev–Trinajstić information content (AvgIpc) is 3.27. The second-order valence-corrected chi connectivity index (χ2v) is 6.77. The molecule has 0 spiro atoms. The molecule has 2 fully saturated rings. The Kier molecular flexibility index (Phi) is 3.82. The Morgan fingerprint density at radius 2 is 2.21 bits per heavy atom. The predicted octanol–water partition coefficient (Wildman–Crippen LogP) is 3.03. The van der Waals surface area contributed by atoms with E-state index in [1.807, 2.05) is 11.0 Å². The summed E-state index contributed by atoms with van der Waals surface area (Å²) in [6, 6.07) is 6.76. The number of carbonyl (C=O) groups is 1. The first kappa shape index (κ1) is 15.3. The summed E-state index contributed by atoms with van der Waals surface area (Å²) in [4.78, 5) is 19.0. The van der Waals surface area contributed by atoms with Gasteiger partial charge in [0.15, 0.2) is 5.82 Å². The van der Waals surface area contributed by atoms with Crippen molar-refractivity contribution in [2.75, 3.05) is 13.1 Å². The molecule has 2 aromatic rings. The Hall–Kier alpha value is -2.24. The lowest BCUT2D eigenvalue weighted by Gasteiger charge is -2.31. The normalized spacial score (nSPS) is 26.4. The highest BCUT2D eigenvalue weighted by molar-refractivity contribution is 5.83. The van der Waals surface area contributed by atoms with Gasteiger partial charge in [-0.3, -0.25) is 4.79 Å². The van der Waals surface area contributed by atoms with Gasteiger partial charge in [0.05, 0.1) is 0 Å². The lowest BCUT2D eigenvalue weighted by molar-refractivity contribution is -0.133. The Labute approximate surface area is 139 Å². The number of aryl methyl sites for hydroxylation is 1. The van der Waals surface area contributed by atoms with Gasteiger partial charge in [0.2, 0.25) is 11.8 Å². The average molecular weight is 329 g/mol. The number of halogens is 1. The van der Waals surface area contributed by atoms with Crippen LogP contribution in [0.15, 0.2) is 28.8 Å². The molecule has 0 N–H and O–H groups in total. The first-order chi connectivity index (χ1) is 11.6. The third-order valence-corrected chi connectivity index (χ3v) is 5.05. The largest absolute Gasteiger partial charge is 0.342 e. The van der Waals surface area contributed by atoms with E-state index in [4.69, 9.17) is 4.52 Å². The van der Waals surface area contributed by atoms with Crippen LogP contribution in [0.5, 0.6) is 0 Å². The molecule has 2 aliphatic rings. The molecule has 1 saturated carbocycles. The van der Waals surface area contributed by atoms with Gasteiger partial charge in [0.1, 0.15) is 5.82 Å². The third kappa shape index (κ3) is 2.81. The first-order valence-electron chi connectivity index (χ1n) is 8.47. The van der Waals surface area contributed by atoms with Crippen molar-refractivity contribution in [1.82, 2.24) is 15.0 Å². The van der Waals surface area contributed by atoms with Crippen LogP contribution in [0.1, 0.15) is 48.4 Å². The van der Waals surface area contributed by atoms with Crippen molar-refractivity contribution >= 4 is 5.91 Å². The van der Waals surface area contributed by atoms with E-state index in [9.17, 15) is 9.18 Å². The molecule has 6 heteroatoms. The fourth-order valence-corrected chi connectivity index (χ4v) is 3.69. The molecule has 3 atom stereocenters. The maximum Gasteiger partial charge on any atom is 0.226 e. The summed E-state index contributed by atoms with van der Waals surface area (Å²) in [7, 11) is 0. The van der Waals surface area contributed by atoms with Crippen molar-refractivity contribution in [2.45, 2.75) is 38.0 Å². The second kappa shape index (κ2) is 6.00. The van der Waals surface area contributed by atoms with Gasteiger partial charge >= 0.3 is 0 Å². The minimum atomic E-state index is -0.211. The smallest absolute Gasteiger partial charge is 0.226 e. The molecular formula is C18H20FN3O2. The summed E-state index contributed by atoms with van der Waals surface area (Å²) in [5, 5.41) is 3.99. The third-order valence-electron chi connectivity index (χ3n) is 5.05. The van der Waals surface area contributed by atoms with E-state index < -0.39 is 0 Å². The summed E-state index contributed by atoms with van der Waals surface area (Å²) >= 11 is 0. The van der Waals surface area contributed by atoms with Crippen LogP contribution in [-0.4, -0.2) is 34.0 Å². The SMILES string of the molecule is Cc1nc(C2CCCN(C(=O)C3CC3c3ccccc3F)C2)no1. The molecule has 1 aliphatic carbocycles. The monoisotopic (exact) mass is 329 g/mol. The summed E-state index contributed by atoms with van der Waals surface area (Å²) in [6.07, 6.45) is 2.63. The first-order valence-corrected chi connectivity index (χ1v) is 8.47. The number of hydrogen-bond acceptors (Lipinski definition) is 4. The predicted molar refractivity (Wildman–Crippen MR) is 84.8 cm³/mol. The molecule has 24 heavy (non-hydrogen) atoms. The van der Waals surface area contributed by atoms with Gasteiger partial charge in [-0.2, -0.15) is 4.98 Å². The van der Waals surface area contributed by atoms with Crippen LogP contribution < -0.4 is 0 Å². The molecule has 1 aromatic carbocycles. The number of benzene rings is 1. The van der Waals surface area contributed by atoms with E-state index in [2.05, 4.69) is 10.1 Å². The van der Waals surface area contributed by atoms with Crippen LogP contribution in [0.4, 0.5) is 4.39 Å². The summed E-state index contributed by atoms with van der Waals surface area (Å²) < 4.78 is 18.9. The van der Waals surface area contributed by atoms with E-state index in [0.29, 0.717) is 23.8 Å². The number of nitrogens with zero attached hydrogens (tertiary/aromatic N) is 3. The second-order valence-electron chi connectivity index (χ2n) is 6.77. The van der Waals surface area contributed by atoms with E-state index >= 15 is 0 Å². The lowest BCUT2D eigenvalue weighted by Crippen LogP contribution is -2.40. The van der Waals surface area contributed by atoms with Gasteiger partial charge in [-0.1, -0.05) is 23.4 Å². The summed E-state index contributed by atoms with van der Waals surface area (Å²) in [6.45, 7) is 3.15. The molecule has 5 nitrogen and oxygen atoms in total. The van der Waals surface area contributed by atoms with Gasteiger partial charge in [-0.05, 0) is 36.8 Å². The number of amides is 1. The number of likely N-dealkylation sites (tertiary alicyclic amines) is 1. The highest BCUT2D eigenvalue weighted by atomic mass is 19.1. The van der Waals surface area contributed by atoms with Gasteiger partial charge in [-0.15, -0.1) is 0 Å². The maximum absolute atomic E-state index is 13.9. The van der Waals surface area contributed by atoms with Crippen LogP contribution in [-0.2, 0) is 4.79 Å². The Morgan fingerprint density at radius 1 is 1.38 bits per heavy atom. The number of hydrogen-bond donors (Lipinski definition) is 0. The van der Waals surface area contributed by atoms with Crippen LogP contribution in [0.25, 0.3) is 0 Å². The lowest BCUT2D eigenvalue weighted by atomic mass is 9.96. The highest BCUT2D eigenvalue weighted by Gasteiger charge is 2.47. The molecular weight excluding hydrogens is 309 g/mol. The molecule has 0 radical (unpaired) electrons. The van der Waals surface area contributed by atoms with E-state index in [-0.39, 0.29) is 29.5 Å². The van der Waals surface area contributed by atoms with Crippen molar-refractivity contribution in [3.63, 3.8) is 0 Å².